The summed E-state index contributed by atoms with van der Waals surface area (Å²) in [6, 6.07) is 6.81. The van der Waals surface area contributed by atoms with Gasteiger partial charge < -0.3 is 24.3 Å². The first-order valence-corrected chi connectivity index (χ1v) is 14.0. The minimum Gasteiger partial charge on any atom is -0.496 e. The first kappa shape index (κ1) is 28.6. The summed E-state index contributed by atoms with van der Waals surface area (Å²) in [4.78, 5) is 55.2. The molecule has 0 radical (unpaired) electrons. The molecule has 2 aromatic carbocycles. The minimum atomic E-state index is -1.97. The molecule has 3 aromatic rings. The summed E-state index contributed by atoms with van der Waals surface area (Å²) < 4.78 is 25.4. The van der Waals surface area contributed by atoms with Gasteiger partial charge in [0.25, 0.3) is 0 Å². The van der Waals surface area contributed by atoms with Gasteiger partial charge >= 0.3 is 11.7 Å². The van der Waals surface area contributed by atoms with Gasteiger partial charge in [-0.2, -0.15) is 0 Å². The lowest BCUT2D eigenvalue weighted by Crippen LogP contribution is -2.58. The molecule has 43 heavy (non-hydrogen) atoms. The Hall–Kier alpha value is -4.51. The summed E-state index contributed by atoms with van der Waals surface area (Å²) in [6.45, 7) is 3.50. The lowest BCUT2D eigenvalue weighted by molar-refractivity contribution is -0.136. The van der Waals surface area contributed by atoms with E-state index in [1.807, 2.05) is 0 Å². The highest BCUT2D eigenvalue weighted by Crippen LogP contribution is 2.56. The highest BCUT2D eigenvalue weighted by Gasteiger charge is 2.63. The highest BCUT2D eigenvalue weighted by atomic mass is 35.5. The van der Waals surface area contributed by atoms with Crippen LogP contribution in [0.4, 0.5) is 0 Å². The molecule has 0 saturated carbocycles. The van der Waals surface area contributed by atoms with Crippen LogP contribution in [0.5, 0.6) is 17.2 Å². The summed E-state index contributed by atoms with van der Waals surface area (Å²) >= 11 is 6.60. The molecular formula is C31H30ClN3O8. The van der Waals surface area contributed by atoms with Crippen molar-refractivity contribution in [2.45, 2.75) is 31.8 Å². The Kier molecular flexibility index (Phi) is 6.50. The molecule has 224 valence electrons. The number of carbonyl (C=O) groups is 3. The third kappa shape index (κ3) is 3.67. The van der Waals surface area contributed by atoms with Crippen molar-refractivity contribution in [1.29, 1.82) is 0 Å². The number of allylic oxidation sites excluding steroid dienone is 2. The molecule has 1 aromatic heterocycles. The predicted molar refractivity (Wildman–Crippen MR) is 157 cm³/mol. The number of aryl methyl sites for hydroxylation is 2. The van der Waals surface area contributed by atoms with E-state index < -0.39 is 35.0 Å². The topological polar surface area (TPSA) is 127 Å². The Balaban J connectivity index is 1.58. The average molecular weight is 608 g/mol. The number of ether oxygens (including phenoxy) is 4. The molecule has 2 aliphatic heterocycles. The Morgan fingerprint density at radius 3 is 2.35 bits per heavy atom. The predicted octanol–water partition coefficient (Wildman–Crippen LogP) is 3.56. The fraction of sp³-hybridized carbons (Fsp3) is 0.355. The third-order valence-electron chi connectivity index (χ3n) is 8.88. The molecule has 6 rings (SSSR count). The van der Waals surface area contributed by atoms with E-state index in [4.69, 9.17) is 30.5 Å². The van der Waals surface area contributed by atoms with Crippen molar-refractivity contribution in [3.63, 3.8) is 0 Å². The maximum absolute atomic E-state index is 14.9. The van der Waals surface area contributed by atoms with Crippen molar-refractivity contribution >= 4 is 40.2 Å². The number of esters is 1. The second-order valence-electron chi connectivity index (χ2n) is 11.0. The number of imidazole rings is 1. The number of aromatic nitrogens is 2. The molecule has 0 fully saturated rings. The van der Waals surface area contributed by atoms with Gasteiger partial charge in [-0.15, -0.1) is 0 Å². The number of dihydropyridines is 1. The van der Waals surface area contributed by atoms with Crippen LogP contribution in [0.15, 0.2) is 51.6 Å². The fourth-order valence-corrected chi connectivity index (χ4v) is 6.96. The molecular weight excluding hydrogens is 578 g/mol. The molecule has 1 spiro atoms. The number of benzene rings is 2. The van der Waals surface area contributed by atoms with Gasteiger partial charge in [-0.3, -0.25) is 18.7 Å². The summed E-state index contributed by atoms with van der Waals surface area (Å²) in [5.74, 6) is -2.98. The Morgan fingerprint density at radius 1 is 1.02 bits per heavy atom. The van der Waals surface area contributed by atoms with Crippen molar-refractivity contribution in [2.75, 3.05) is 21.3 Å². The van der Waals surface area contributed by atoms with Crippen LogP contribution in [0.1, 0.15) is 42.1 Å². The lowest BCUT2D eigenvalue weighted by Gasteiger charge is -2.42. The molecule has 3 unspecified atom stereocenters. The zero-order valence-corrected chi connectivity index (χ0v) is 25.5. The number of fused-ring (bicyclic) bond motifs is 2. The van der Waals surface area contributed by atoms with Crippen LogP contribution >= 0.6 is 11.6 Å². The van der Waals surface area contributed by atoms with E-state index in [2.05, 4.69) is 5.32 Å². The number of hydrogen-bond acceptors (Lipinski definition) is 9. The van der Waals surface area contributed by atoms with E-state index in [-0.39, 0.29) is 51.1 Å². The summed E-state index contributed by atoms with van der Waals surface area (Å²) in [5, 5.41) is 3.29. The minimum absolute atomic E-state index is 0.00746. The SMILES string of the molecule is COC(=O)C1=C(C)NC2=C(C(=O)C3(Oc4c(Cl)c(OC)cc(OC)c4C3=O)C(C)C2)C1c1ccc2c(c1)n(C)c(=O)n2C. The van der Waals surface area contributed by atoms with Gasteiger partial charge in [0.05, 0.1) is 37.9 Å². The summed E-state index contributed by atoms with van der Waals surface area (Å²) in [5.41, 5.74) is 1.23. The second-order valence-corrected chi connectivity index (χ2v) is 11.4. The molecule has 12 heteroatoms. The summed E-state index contributed by atoms with van der Waals surface area (Å²) in [6.07, 6.45) is 0.256. The molecule has 1 N–H and O–H groups in total. The standard InChI is InChI=1S/C31H30ClN3O8/c1-13-10-16-23(27(36)31(13)28(37)24-19(40-5)12-20(41-6)25(32)26(24)43-31)22(21(14(2)33-16)29(38)42-7)15-8-9-17-18(11-15)35(4)30(39)34(17)3/h8-9,11-13,22,33H,10H2,1-7H3. The van der Waals surface area contributed by atoms with Gasteiger partial charge in [-0.05, 0) is 31.0 Å². The van der Waals surface area contributed by atoms with E-state index in [1.54, 1.807) is 46.1 Å². The number of rotatable bonds is 4. The molecule has 3 aliphatic rings. The van der Waals surface area contributed by atoms with Gasteiger partial charge in [0.15, 0.2) is 5.75 Å². The van der Waals surface area contributed by atoms with E-state index in [9.17, 15) is 19.2 Å². The van der Waals surface area contributed by atoms with Gasteiger partial charge in [-0.1, -0.05) is 24.6 Å². The first-order chi connectivity index (χ1) is 20.4. The number of nitrogens with one attached hydrogen (secondary N) is 1. The van der Waals surface area contributed by atoms with Crippen LogP contribution in [0.3, 0.4) is 0 Å². The molecule has 3 atom stereocenters. The molecule has 0 saturated heterocycles. The molecule has 3 heterocycles. The van der Waals surface area contributed by atoms with E-state index >= 15 is 0 Å². The van der Waals surface area contributed by atoms with Crippen molar-refractivity contribution in [2.24, 2.45) is 20.0 Å². The molecule has 0 amide bonds. The van der Waals surface area contributed by atoms with Crippen molar-refractivity contribution < 1.29 is 33.3 Å². The number of hydrogen-bond donors (Lipinski definition) is 1. The van der Waals surface area contributed by atoms with Gasteiger partial charge in [0.2, 0.25) is 17.2 Å². The maximum atomic E-state index is 14.9. The average Bonchev–Trinajstić information content (AvgIpc) is 3.42. The van der Waals surface area contributed by atoms with Crippen LogP contribution in [0.2, 0.25) is 5.02 Å². The molecule has 11 nitrogen and oxygen atoms in total. The smallest absolute Gasteiger partial charge is 0.336 e. The van der Waals surface area contributed by atoms with Crippen LogP contribution in [0, 0.1) is 5.92 Å². The van der Waals surface area contributed by atoms with Crippen molar-refractivity contribution in [3.05, 3.63) is 73.4 Å². The zero-order valence-electron chi connectivity index (χ0n) is 24.7. The first-order valence-electron chi connectivity index (χ1n) is 13.6. The van der Waals surface area contributed by atoms with Gasteiger partial charge in [0, 0.05) is 49.0 Å². The lowest BCUT2D eigenvalue weighted by atomic mass is 9.65. The van der Waals surface area contributed by atoms with Gasteiger partial charge in [-0.25, -0.2) is 9.59 Å². The van der Waals surface area contributed by atoms with Crippen molar-refractivity contribution in [3.8, 4) is 17.2 Å². The van der Waals surface area contributed by atoms with Gasteiger partial charge in [0.1, 0.15) is 22.1 Å². The Morgan fingerprint density at radius 2 is 1.70 bits per heavy atom. The number of halogens is 1. The molecule has 0 bridgehead atoms. The van der Waals surface area contributed by atoms with Crippen molar-refractivity contribution in [1.82, 2.24) is 14.5 Å². The number of methoxy groups -OCH3 is 3. The quantitative estimate of drug-likeness (QED) is 0.350. The van der Waals surface area contributed by atoms with E-state index in [1.165, 1.54) is 36.5 Å². The third-order valence-corrected chi connectivity index (χ3v) is 9.24. The largest absolute Gasteiger partial charge is 0.496 e. The highest BCUT2D eigenvalue weighted by molar-refractivity contribution is 6.36. The fourth-order valence-electron chi connectivity index (χ4n) is 6.69. The number of carbonyl (C=O) groups excluding carboxylic acids is 3. The number of Topliss-reactive ketones (excluding diaryl/α,β-unsaturated/α-hetero) is 2. The Bertz CT molecular complexity index is 1920. The van der Waals surface area contributed by atoms with Crippen LogP contribution in [-0.2, 0) is 28.4 Å². The van der Waals surface area contributed by atoms with Crippen LogP contribution in [-0.4, -0.2) is 53.6 Å². The Labute approximate surface area is 251 Å². The molecule has 1 aliphatic carbocycles. The summed E-state index contributed by atoms with van der Waals surface area (Å²) in [7, 11) is 7.41. The number of ketones is 2. The zero-order chi connectivity index (χ0) is 31.1. The van der Waals surface area contributed by atoms with E-state index in [0.29, 0.717) is 28.0 Å². The normalized spacial score (nSPS) is 22.9. The second kappa shape index (κ2) is 9.77. The maximum Gasteiger partial charge on any atom is 0.336 e. The number of nitrogens with zero attached hydrogens (tertiary/aromatic N) is 2. The van der Waals surface area contributed by atoms with Crippen LogP contribution in [0.25, 0.3) is 11.0 Å². The monoisotopic (exact) mass is 607 g/mol. The van der Waals surface area contributed by atoms with Crippen LogP contribution < -0.4 is 25.2 Å². The van der Waals surface area contributed by atoms with E-state index in [0.717, 1.165) is 0 Å².